The Bertz CT molecular complexity index is 319. The Morgan fingerprint density at radius 1 is 1.40 bits per heavy atom. The first-order valence-corrected chi connectivity index (χ1v) is 5.04. The summed E-state index contributed by atoms with van der Waals surface area (Å²) in [7, 11) is 1.64. The second-order valence-electron chi connectivity index (χ2n) is 3.67. The zero-order chi connectivity index (χ0) is 11.3. The molecular weight excluding hydrogens is 190 g/mol. The Morgan fingerprint density at radius 3 is 2.53 bits per heavy atom. The molecule has 0 aliphatic heterocycles. The highest BCUT2D eigenvalue weighted by Crippen LogP contribution is 2.13. The van der Waals surface area contributed by atoms with Crippen LogP contribution >= 0.6 is 0 Å². The topological polar surface area (TPSA) is 52.3 Å². The number of carbonyl (C=O) groups excluding carboxylic acids is 1. The Hall–Kier alpha value is -1.35. The zero-order valence-corrected chi connectivity index (χ0v) is 9.19. The molecule has 0 spiro atoms. The number of Topliss-reactive ketones (excluding diaryl/α,β-unsaturated/α-hetero) is 1. The van der Waals surface area contributed by atoms with E-state index in [0.29, 0.717) is 17.9 Å². The Balaban J connectivity index is 2.63. The molecule has 2 N–H and O–H groups in total. The third-order valence-electron chi connectivity index (χ3n) is 2.40. The number of ketones is 1. The van der Waals surface area contributed by atoms with Crippen LogP contribution in [0.15, 0.2) is 24.3 Å². The van der Waals surface area contributed by atoms with Gasteiger partial charge in [0, 0.05) is 30.9 Å². The maximum absolute atomic E-state index is 11.9. The maximum Gasteiger partial charge on any atom is 0.165 e. The molecule has 0 fully saturated rings. The van der Waals surface area contributed by atoms with E-state index in [-0.39, 0.29) is 11.7 Å². The summed E-state index contributed by atoms with van der Waals surface area (Å²) in [5.74, 6) is 0.139. The van der Waals surface area contributed by atoms with Crippen molar-refractivity contribution >= 4 is 11.5 Å². The van der Waals surface area contributed by atoms with Crippen LogP contribution in [-0.2, 0) is 4.74 Å². The number of hydrogen-bond donors (Lipinski definition) is 1. The number of nitrogens with two attached hydrogens (primary N) is 1. The van der Waals surface area contributed by atoms with Gasteiger partial charge in [-0.25, -0.2) is 0 Å². The van der Waals surface area contributed by atoms with Crippen LogP contribution in [0.5, 0.6) is 0 Å². The van der Waals surface area contributed by atoms with E-state index in [1.54, 1.807) is 31.4 Å². The number of hydrogen-bond acceptors (Lipinski definition) is 3. The highest BCUT2D eigenvalue weighted by molar-refractivity contribution is 5.97. The Kier molecular flexibility index (Phi) is 4.31. The van der Waals surface area contributed by atoms with Gasteiger partial charge in [0.1, 0.15) is 0 Å². The molecule has 0 saturated heterocycles. The van der Waals surface area contributed by atoms with Gasteiger partial charge in [-0.15, -0.1) is 0 Å². The molecule has 0 aromatic heterocycles. The number of methoxy groups -OCH3 is 1. The molecule has 3 heteroatoms. The second kappa shape index (κ2) is 5.51. The van der Waals surface area contributed by atoms with Gasteiger partial charge in [-0.05, 0) is 30.7 Å². The molecule has 0 saturated carbocycles. The predicted octanol–water partition coefficient (Wildman–Crippen LogP) is 2.12. The second-order valence-corrected chi connectivity index (χ2v) is 3.67. The Labute approximate surface area is 90.2 Å². The van der Waals surface area contributed by atoms with Crippen LogP contribution in [0.4, 0.5) is 5.69 Å². The lowest BCUT2D eigenvalue weighted by atomic mass is 9.97. The molecule has 0 bridgehead atoms. The summed E-state index contributed by atoms with van der Waals surface area (Å²) in [5, 5.41) is 0. The van der Waals surface area contributed by atoms with Crippen LogP contribution in [0.3, 0.4) is 0 Å². The minimum absolute atomic E-state index is 0.00595. The standard InChI is InChI=1S/C12H17NO2/c1-9(7-8-15-2)12(14)10-3-5-11(13)6-4-10/h3-6,9H,7-8,13H2,1-2H3. The molecule has 0 aliphatic rings. The van der Waals surface area contributed by atoms with Crippen molar-refractivity contribution in [2.24, 2.45) is 5.92 Å². The quantitative estimate of drug-likeness (QED) is 0.594. The van der Waals surface area contributed by atoms with Gasteiger partial charge < -0.3 is 10.5 Å². The van der Waals surface area contributed by atoms with E-state index in [2.05, 4.69) is 0 Å². The van der Waals surface area contributed by atoms with Crippen LogP contribution in [-0.4, -0.2) is 19.5 Å². The minimum Gasteiger partial charge on any atom is -0.399 e. The van der Waals surface area contributed by atoms with E-state index in [0.717, 1.165) is 6.42 Å². The molecule has 3 nitrogen and oxygen atoms in total. The first kappa shape index (κ1) is 11.7. The first-order valence-electron chi connectivity index (χ1n) is 5.04. The first-order chi connectivity index (χ1) is 7.15. The number of nitrogen functional groups attached to an aromatic ring is 1. The summed E-state index contributed by atoms with van der Waals surface area (Å²) >= 11 is 0. The van der Waals surface area contributed by atoms with Crippen molar-refractivity contribution < 1.29 is 9.53 Å². The fourth-order valence-electron chi connectivity index (χ4n) is 1.36. The highest BCUT2D eigenvalue weighted by atomic mass is 16.5. The average molecular weight is 207 g/mol. The van der Waals surface area contributed by atoms with E-state index in [1.807, 2.05) is 6.92 Å². The van der Waals surface area contributed by atoms with Crippen LogP contribution in [0.1, 0.15) is 23.7 Å². The summed E-state index contributed by atoms with van der Waals surface area (Å²) < 4.78 is 4.95. The van der Waals surface area contributed by atoms with Crippen LogP contribution in [0, 0.1) is 5.92 Å². The molecule has 1 rings (SSSR count). The van der Waals surface area contributed by atoms with Gasteiger partial charge in [0.2, 0.25) is 0 Å². The molecule has 0 radical (unpaired) electrons. The van der Waals surface area contributed by atoms with Gasteiger partial charge in [0.25, 0.3) is 0 Å². The molecule has 0 amide bonds. The molecule has 82 valence electrons. The summed E-state index contributed by atoms with van der Waals surface area (Å²) in [6.45, 7) is 2.53. The van der Waals surface area contributed by atoms with E-state index in [4.69, 9.17) is 10.5 Å². The Morgan fingerprint density at radius 2 is 2.00 bits per heavy atom. The number of benzene rings is 1. The molecular formula is C12H17NO2. The summed E-state index contributed by atoms with van der Waals surface area (Å²) in [4.78, 5) is 11.9. The maximum atomic E-state index is 11.9. The van der Waals surface area contributed by atoms with Crippen molar-refractivity contribution in [3.05, 3.63) is 29.8 Å². The van der Waals surface area contributed by atoms with Crippen molar-refractivity contribution in [1.29, 1.82) is 0 Å². The van der Waals surface area contributed by atoms with E-state index in [1.165, 1.54) is 0 Å². The lowest BCUT2D eigenvalue weighted by molar-refractivity contribution is 0.0894. The minimum atomic E-state index is -0.00595. The molecule has 0 aliphatic carbocycles. The lowest BCUT2D eigenvalue weighted by Crippen LogP contribution is -2.13. The van der Waals surface area contributed by atoms with Crippen LogP contribution < -0.4 is 5.73 Å². The van der Waals surface area contributed by atoms with Gasteiger partial charge in [-0.3, -0.25) is 4.79 Å². The predicted molar refractivity (Wildman–Crippen MR) is 60.8 cm³/mol. The molecule has 15 heavy (non-hydrogen) atoms. The van der Waals surface area contributed by atoms with E-state index in [9.17, 15) is 4.79 Å². The van der Waals surface area contributed by atoms with Gasteiger partial charge in [-0.2, -0.15) is 0 Å². The molecule has 1 aromatic carbocycles. The molecule has 0 heterocycles. The normalized spacial score (nSPS) is 12.4. The van der Waals surface area contributed by atoms with E-state index >= 15 is 0 Å². The van der Waals surface area contributed by atoms with Crippen molar-refractivity contribution in [3.63, 3.8) is 0 Å². The van der Waals surface area contributed by atoms with Crippen molar-refractivity contribution in [1.82, 2.24) is 0 Å². The zero-order valence-electron chi connectivity index (χ0n) is 9.19. The van der Waals surface area contributed by atoms with Crippen LogP contribution in [0.2, 0.25) is 0 Å². The molecule has 1 unspecified atom stereocenters. The van der Waals surface area contributed by atoms with Gasteiger partial charge >= 0.3 is 0 Å². The highest BCUT2D eigenvalue weighted by Gasteiger charge is 2.14. The lowest BCUT2D eigenvalue weighted by Gasteiger charge is -2.09. The largest absolute Gasteiger partial charge is 0.399 e. The third kappa shape index (κ3) is 3.36. The van der Waals surface area contributed by atoms with E-state index < -0.39 is 0 Å². The summed E-state index contributed by atoms with van der Waals surface area (Å²) in [6.07, 6.45) is 0.750. The fraction of sp³-hybridized carbons (Fsp3) is 0.417. The van der Waals surface area contributed by atoms with Crippen LogP contribution in [0.25, 0.3) is 0 Å². The van der Waals surface area contributed by atoms with Gasteiger partial charge in [0.15, 0.2) is 5.78 Å². The summed E-state index contributed by atoms with van der Waals surface area (Å²) in [6, 6.07) is 7.02. The van der Waals surface area contributed by atoms with Crippen molar-refractivity contribution in [3.8, 4) is 0 Å². The number of rotatable bonds is 5. The number of ether oxygens (including phenoxy) is 1. The SMILES string of the molecule is COCCC(C)C(=O)c1ccc(N)cc1. The third-order valence-corrected chi connectivity index (χ3v) is 2.40. The monoisotopic (exact) mass is 207 g/mol. The molecule has 1 aromatic rings. The van der Waals surface area contributed by atoms with Gasteiger partial charge in [0.05, 0.1) is 0 Å². The fourth-order valence-corrected chi connectivity index (χ4v) is 1.36. The summed E-state index contributed by atoms with van der Waals surface area (Å²) in [5.41, 5.74) is 6.94. The number of carbonyl (C=O) groups is 1. The number of anilines is 1. The van der Waals surface area contributed by atoms with Crippen molar-refractivity contribution in [2.45, 2.75) is 13.3 Å². The smallest absolute Gasteiger partial charge is 0.165 e. The molecule has 1 atom stereocenters. The average Bonchev–Trinajstić information content (AvgIpc) is 2.26. The van der Waals surface area contributed by atoms with Gasteiger partial charge in [-0.1, -0.05) is 6.92 Å². The van der Waals surface area contributed by atoms with Crippen molar-refractivity contribution in [2.75, 3.05) is 19.5 Å².